The molecular formula is C21H32N4O3S. The van der Waals surface area contributed by atoms with Crippen LogP contribution >= 0.6 is 0 Å². The highest BCUT2D eigenvalue weighted by molar-refractivity contribution is 7.89. The molecule has 0 aliphatic carbocycles. The van der Waals surface area contributed by atoms with Crippen molar-refractivity contribution >= 4 is 27.0 Å². The van der Waals surface area contributed by atoms with E-state index in [1.165, 1.54) is 18.4 Å². The molecule has 3 rings (SSSR count). The molecule has 0 spiro atoms. The van der Waals surface area contributed by atoms with Crippen molar-refractivity contribution in [1.82, 2.24) is 18.8 Å². The molecule has 160 valence electrons. The lowest BCUT2D eigenvalue weighted by Crippen LogP contribution is -2.28. The highest BCUT2D eigenvalue weighted by Crippen LogP contribution is 2.24. The number of imidazole rings is 1. The lowest BCUT2D eigenvalue weighted by Gasteiger charge is -2.16. The number of rotatable bonds is 8. The Balaban J connectivity index is 1.87. The topological polar surface area (TPSA) is 75.5 Å². The summed E-state index contributed by atoms with van der Waals surface area (Å²) in [6.45, 7) is 6.82. The number of fused-ring (bicyclic) bond motifs is 1. The highest BCUT2D eigenvalue weighted by Gasteiger charge is 2.24. The largest absolute Gasteiger partial charge is 0.342 e. The van der Waals surface area contributed by atoms with Crippen LogP contribution < -0.4 is 0 Å². The number of carbonyl (C=O) groups excluding carboxylic acids is 1. The Morgan fingerprint density at radius 3 is 2.69 bits per heavy atom. The molecule has 1 unspecified atom stereocenters. The van der Waals surface area contributed by atoms with Crippen LogP contribution in [0.25, 0.3) is 11.0 Å². The van der Waals surface area contributed by atoms with Crippen LogP contribution in [0, 0.1) is 5.92 Å². The molecule has 0 bridgehead atoms. The first-order valence-electron chi connectivity index (χ1n) is 10.4. The van der Waals surface area contributed by atoms with Gasteiger partial charge in [0.05, 0.1) is 15.9 Å². The van der Waals surface area contributed by atoms with Crippen LogP contribution in [-0.4, -0.2) is 60.3 Å². The fraction of sp³-hybridized carbons (Fsp3) is 0.619. The summed E-state index contributed by atoms with van der Waals surface area (Å²) >= 11 is 0. The van der Waals surface area contributed by atoms with Gasteiger partial charge in [-0.3, -0.25) is 4.79 Å². The van der Waals surface area contributed by atoms with Crippen LogP contribution in [0.1, 0.15) is 45.4 Å². The summed E-state index contributed by atoms with van der Waals surface area (Å²) < 4.78 is 28.3. The van der Waals surface area contributed by atoms with Crippen molar-refractivity contribution in [2.24, 2.45) is 5.92 Å². The van der Waals surface area contributed by atoms with Crippen molar-refractivity contribution in [2.45, 2.75) is 57.4 Å². The molecule has 1 atom stereocenters. The first-order chi connectivity index (χ1) is 13.7. The Labute approximate surface area is 173 Å². The molecule has 1 aliphatic heterocycles. The molecule has 7 nitrogen and oxygen atoms in total. The summed E-state index contributed by atoms with van der Waals surface area (Å²) in [7, 11) is -0.461. The van der Waals surface area contributed by atoms with Crippen molar-refractivity contribution < 1.29 is 13.2 Å². The zero-order chi connectivity index (χ0) is 21.2. The van der Waals surface area contributed by atoms with E-state index in [4.69, 9.17) is 4.98 Å². The van der Waals surface area contributed by atoms with E-state index >= 15 is 0 Å². The van der Waals surface area contributed by atoms with Gasteiger partial charge in [0.2, 0.25) is 15.9 Å². The number of aromatic nitrogens is 2. The average Bonchev–Trinajstić information content (AvgIpc) is 3.27. The van der Waals surface area contributed by atoms with E-state index in [9.17, 15) is 13.2 Å². The van der Waals surface area contributed by atoms with E-state index in [0.29, 0.717) is 24.3 Å². The lowest BCUT2D eigenvalue weighted by molar-refractivity contribution is -0.130. The Hall–Kier alpha value is -1.93. The van der Waals surface area contributed by atoms with E-state index in [-0.39, 0.29) is 10.8 Å². The van der Waals surface area contributed by atoms with Gasteiger partial charge in [-0.15, -0.1) is 0 Å². The van der Waals surface area contributed by atoms with Crippen molar-refractivity contribution in [3.05, 3.63) is 24.0 Å². The Morgan fingerprint density at radius 1 is 1.31 bits per heavy atom. The normalized spacial score (nSPS) is 17.6. The van der Waals surface area contributed by atoms with Crippen LogP contribution in [0.4, 0.5) is 0 Å². The third kappa shape index (κ3) is 4.64. The lowest BCUT2D eigenvalue weighted by atomic mass is 10.2. The van der Waals surface area contributed by atoms with Gasteiger partial charge in [0, 0.05) is 46.6 Å². The quantitative estimate of drug-likeness (QED) is 0.658. The molecule has 1 amide bonds. The molecular weight excluding hydrogens is 388 g/mol. The molecule has 1 aromatic carbocycles. The van der Waals surface area contributed by atoms with E-state index in [0.717, 1.165) is 50.2 Å². The van der Waals surface area contributed by atoms with Crippen molar-refractivity contribution in [1.29, 1.82) is 0 Å². The minimum absolute atomic E-state index is 0.180. The maximum absolute atomic E-state index is 12.6. The van der Waals surface area contributed by atoms with E-state index in [1.54, 1.807) is 12.1 Å². The molecule has 1 aliphatic rings. The standard InChI is InChI=1S/C21H32N4O3S/c1-5-6-12-25-19-8-7-17(29(27,28)23(3)4)14-18(19)22-20(25)9-10-21(26)24-13-11-16(2)15-24/h7-8,14,16H,5-6,9-13,15H2,1-4H3. The number of unbranched alkanes of at least 4 members (excludes halogenated alkanes) is 1. The average molecular weight is 421 g/mol. The Morgan fingerprint density at radius 2 is 2.07 bits per heavy atom. The maximum Gasteiger partial charge on any atom is 0.242 e. The predicted molar refractivity (Wildman–Crippen MR) is 114 cm³/mol. The molecule has 2 aromatic rings. The molecule has 0 N–H and O–H groups in total. The second-order valence-electron chi connectivity index (χ2n) is 8.20. The molecule has 0 saturated carbocycles. The number of hydrogen-bond acceptors (Lipinski definition) is 4. The number of benzene rings is 1. The number of carbonyl (C=O) groups is 1. The zero-order valence-corrected chi connectivity index (χ0v) is 18.7. The molecule has 1 fully saturated rings. The van der Waals surface area contributed by atoms with Gasteiger partial charge in [-0.05, 0) is 37.0 Å². The van der Waals surface area contributed by atoms with Crippen LogP contribution in [-0.2, 0) is 27.8 Å². The van der Waals surface area contributed by atoms with Gasteiger partial charge in [-0.2, -0.15) is 0 Å². The summed E-state index contributed by atoms with van der Waals surface area (Å²) in [5.41, 5.74) is 1.59. The first kappa shape index (κ1) is 21.8. The monoisotopic (exact) mass is 420 g/mol. The zero-order valence-electron chi connectivity index (χ0n) is 17.9. The predicted octanol–water partition coefficient (Wildman–Crippen LogP) is 2.89. The third-order valence-electron chi connectivity index (χ3n) is 5.65. The van der Waals surface area contributed by atoms with Gasteiger partial charge < -0.3 is 9.47 Å². The van der Waals surface area contributed by atoms with Crippen LogP contribution in [0.5, 0.6) is 0 Å². The fourth-order valence-electron chi connectivity index (χ4n) is 3.83. The van der Waals surface area contributed by atoms with Gasteiger partial charge in [0.1, 0.15) is 5.82 Å². The summed E-state index contributed by atoms with van der Waals surface area (Å²) in [6.07, 6.45) is 4.14. The minimum atomic E-state index is -3.51. The highest BCUT2D eigenvalue weighted by atomic mass is 32.2. The second kappa shape index (κ2) is 8.83. The Bertz CT molecular complexity index is 981. The van der Waals surface area contributed by atoms with Gasteiger partial charge in [-0.25, -0.2) is 17.7 Å². The Kier molecular flexibility index (Phi) is 6.63. The fourth-order valence-corrected chi connectivity index (χ4v) is 4.75. The molecule has 1 saturated heterocycles. The number of amides is 1. The van der Waals surface area contributed by atoms with Crippen molar-refractivity contribution in [2.75, 3.05) is 27.2 Å². The summed E-state index contributed by atoms with van der Waals surface area (Å²) in [5, 5.41) is 0. The van der Waals surface area contributed by atoms with Gasteiger partial charge in [0.25, 0.3) is 0 Å². The summed E-state index contributed by atoms with van der Waals surface area (Å²) in [5.74, 6) is 1.61. The van der Waals surface area contributed by atoms with E-state index < -0.39 is 10.0 Å². The van der Waals surface area contributed by atoms with Gasteiger partial charge in [-0.1, -0.05) is 20.3 Å². The van der Waals surface area contributed by atoms with Crippen molar-refractivity contribution in [3.63, 3.8) is 0 Å². The minimum Gasteiger partial charge on any atom is -0.342 e. The molecule has 1 aromatic heterocycles. The van der Waals surface area contributed by atoms with Crippen LogP contribution in [0.15, 0.2) is 23.1 Å². The van der Waals surface area contributed by atoms with E-state index in [1.807, 2.05) is 11.0 Å². The molecule has 0 radical (unpaired) electrons. The molecule has 29 heavy (non-hydrogen) atoms. The number of sulfonamides is 1. The van der Waals surface area contributed by atoms with Gasteiger partial charge >= 0.3 is 0 Å². The first-order valence-corrected chi connectivity index (χ1v) is 11.9. The molecule has 8 heteroatoms. The maximum atomic E-state index is 12.6. The van der Waals surface area contributed by atoms with E-state index in [2.05, 4.69) is 18.4 Å². The van der Waals surface area contributed by atoms with Crippen molar-refractivity contribution in [3.8, 4) is 0 Å². The number of nitrogens with zero attached hydrogens (tertiary/aromatic N) is 4. The van der Waals surface area contributed by atoms with Crippen LogP contribution in [0.2, 0.25) is 0 Å². The second-order valence-corrected chi connectivity index (χ2v) is 10.4. The molecule has 2 heterocycles. The number of aryl methyl sites for hydroxylation is 2. The summed E-state index contributed by atoms with van der Waals surface area (Å²) in [4.78, 5) is 19.5. The summed E-state index contributed by atoms with van der Waals surface area (Å²) in [6, 6.07) is 5.12. The SMILES string of the molecule is CCCCn1c(CCC(=O)N2CCC(C)C2)nc2cc(S(=O)(=O)N(C)C)ccc21. The van der Waals surface area contributed by atoms with Gasteiger partial charge in [0.15, 0.2) is 0 Å². The van der Waals surface area contributed by atoms with Crippen LogP contribution in [0.3, 0.4) is 0 Å². The smallest absolute Gasteiger partial charge is 0.242 e. The number of likely N-dealkylation sites (tertiary alicyclic amines) is 1. The number of hydrogen-bond donors (Lipinski definition) is 0. The third-order valence-corrected chi connectivity index (χ3v) is 7.46.